The minimum absolute atomic E-state index is 0.342. The first-order chi connectivity index (χ1) is 13.7. The number of nitrogen functional groups attached to an aromatic ring is 2. The van der Waals surface area contributed by atoms with Crippen molar-refractivity contribution in [2.75, 3.05) is 11.5 Å². The van der Waals surface area contributed by atoms with Crippen LogP contribution in [0.3, 0.4) is 0 Å². The van der Waals surface area contributed by atoms with Gasteiger partial charge in [-0.3, -0.25) is 0 Å². The Morgan fingerprint density at radius 1 is 0.679 bits per heavy atom. The van der Waals surface area contributed by atoms with E-state index in [4.69, 9.17) is 11.5 Å². The van der Waals surface area contributed by atoms with Gasteiger partial charge in [0.1, 0.15) is 11.6 Å². The molecule has 0 unspecified atom stereocenters. The molecule has 4 N–H and O–H groups in total. The van der Waals surface area contributed by atoms with Crippen LogP contribution >= 0.6 is 0 Å². The number of hydrogen-bond acceptors (Lipinski definition) is 6. The fourth-order valence-corrected chi connectivity index (χ4v) is 3.11. The van der Waals surface area contributed by atoms with Crippen LogP contribution in [0, 0.1) is 0 Å². The number of nitrogens with zero attached hydrogens (tertiary/aromatic N) is 6. The van der Waals surface area contributed by atoms with E-state index in [1.807, 2.05) is 60.7 Å². The van der Waals surface area contributed by atoms with Crippen molar-refractivity contribution < 1.29 is 0 Å². The number of fused-ring (bicyclic) bond motifs is 1. The highest BCUT2D eigenvalue weighted by Gasteiger charge is 2.18. The molecule has 0 radical (unpaired) electrons. The molecule has 0 aliphatic carbocycles. The first kappa shape index (κ1) is 16.0. The molecular formula is C20H16N8. The quantitative estimate of drug-likeness (QED) is 0.506. The van der Waals surface area contributed by atoms with Gasteiger partial charge in [-0.2, -0.15) is 10.2 Å². The van der Waals surface area contributed by atoms with Crippen LogP contribution in [0.4, 0.5) is 11.6 Å². The molecule has 0 aliphatic rings. The fraction of sp³-hybridized carbons (Fsp3) is 0. The van der Waals surface area contributed by atoms with Gasteiger partial charge < -0.3 is 11.5 Å². The lowest BCUT2D eigenvalue weighted by atomic mass is 10.2. The summed E-state index contributed by atoms with van der Waals surface area (Å²) in [5.74, 6) is 1.19. The number of hydrogen-bond donors (Lipinski definition) is 2. The van der Waals surface area contributed by atoms with E-state index in [0.29, 0.717) is 34.1 Å². The molecule has 0 saturated heterocycles. The summed E-state index contributed by atoms with van der Waals surface area (Å²) in [6.07, 6.45) is 3.31. The normalized spacial score (nSPS) is 11.1. The highest BCUT2D eigenvalue weighted by molar-refractivity contribution is 5.88. The lowest BCUT2D eigenvalue weighted by Crippen LogP contribution is -2.04. The van der Waals surface area contributed by atoms with Crippen molar-refractivity contribution in [2.24, 2.45) is 0 Å². The summed E-state index contributed by atoms with van der Waals surface area (Å²) in [5, 5.41) is 9.49. The van der Waals surface area contributed by atoms with Gasteiger partial charge in [0.2, 0.25) is 0 Å². The Bertz CT molecular complexity index is 1270. The van der Waals surface area contributed by atoms with Gasteiger partial charge in [-0.1, -0.05) is 36.4 Å². The van der Waals surface area contributed by atoms with Gasteiger partial charge >= 0.3 is 0 Å². The number of nitrogens with two attached hydrogens (primary N) is 2. The van der Waals surface area contributed by atoms with Crippen molar-refractivity contribution in [1.82, 2.24) is 29.5 Å². The first-order valence-corrected chi connectivity index (χ1v) is 8.68. The van der Waals surface area contributed by atoms with Crippen molar-refractivity contribution in [3.05, 3.63) is 73.1 Å². The zero-order valence-electron chi connectivity index (χ0n) is 14.8. The van der Waals surface area contributed by atoms with Crippen molar-refractivity contribution in [2.45, 2.75) is 0 Å². The van der Waals surface area contributed by atoms with E-state index in [-0.39, 0.29) is 0 Å². The third-order valence-electron chi connectivity index (χ3n) is 4.51. The second kappa shape index (κ2) is 6.20. The Morgan fingerprint density at radius 2 is 1.29 bits per heavy atom. The van der Waals surface area contributed by atoms with Crippen LogP contribution in [0.25, 0.3) is 33.8 Å². The molecule has 136 valence electrons. The van der Waals surface area contributed by atoms with E-state index < -0.39 is 0 Å². The summed E-state index contributed by atoms with van der Waals surface area (Å²) < 4.78 is 3.38. The van der Waals surface area contributed by atoms with Crippen molar-refractivity contribution in [3.63, 3.8) is 0 Å². The van der Waals surface area contributed by atoms with Gasteiger partial charge in [0, 0.05) is 0 Å². The van der Waals surface area contributed by atoms with Crippen LogP contribution in [0.1, 0.15) is 0 Å². The number of aromatic nitrogens is 6. The second-order valence-corrected chi connectivity index (χ2v) is 6.25. The maximum atomic E-state index is 6.34. The Morgan fingerprint density at radius 3 is 1.96 bits per heavy atom. The van der Waals surface area contributed by atoms with Crippen molar-refractivity contribution in [1.29, 1.82) is 0 Å². The van der Waals surface area contributed by atoms with Gasteiger partial charge in [-0.15, -0.1) is 0 Å². The molecule has 8 heteroatoms. The van der Waals surface area contributed by atoms with Crippen molar-refractivity contribution >= 4 is 22.7 Å². The van der Waals surface area contributed by atoms with E-state index >= 15 is 0 Å². The zero-order chi connectivity index (χ0) is 19.1. The highest BCUT2D eigenvalue weighted by atomic mass is 15.3. The van der Waals surface area contributed by atoms with E-state index in [9.17, 15) is 0 Å². The number of benzene rings is 2. The minimum atomic E-state index is 0.342. The molecule has 28 heavy (non-hydrogen) atoms. The SMILES string of the molecule is Nc1nc(-c2cnn(-c3ccccc3)c2N)nc2c1cnn2-c1ccccc1. The average molecular weight is 368 g/mol. The number of para-hydroxylation sites is 2. The average Bonchev–Trinajstić information content (AvgIpc) is 3.33. The molecule has 0 amide bonds. The molecule has 0 saturated carbocycles. The number of rotatable bonds is 3. The van der Waals surface area contributed by atoms with E-state index in [1.54, 1.807) is 21.8 Å². The van der Waals surface area contributed by atoms with Crippen LogP contribution in [0.15, 0.2) is 73.1 Å². The van der Waals surface area contributed by atoms with Crippen LogP contribution in [-0.4, -0.2) is 29.5 Å². The Labute approximate surface area is 160 Å². The molecule has 2 aromatic carbocycles. The van der Waals surface area contributed by atoms with Gasteiger partial charge in [-0.05, 0) is 24.3 Å². The van der Waals surface area contributed by atoms with Crippen LogP contribution < -0.4 is 11.5 Å². The predicted molar refractivity (Wildman–Crippen MR) is 108 cm³/mol. The summed E-state index contributed by atoms with van der Waals surface area (Å²) in [4.78, 5) is 9.11. The fourth-order valence-electron chi connectivity index (χ4n) is 3.11. The van der Waals surface area contributed by atoms with Crippen LogP contribution in [0.5, 0.6) is 0 Å². The summed E-state index contributed by atoms with van der Waals surface area (Å²) in [6, 6.07) is 19.4. The highest BCUT2D eigenvalue weighted by Crippen LogP contribution is 2.29. The monoisotopic (exact) mass is 368 g/mol. The van der Waals surface area contributed by atoms with Crippen LogP contribution in [-0.2, 0) is 0 Å². The molecule has 3 aromatic heterocycles. The lowest BCUT2D eigenvalue weighted by Gasteiger charge is -2.07. The predicted octanol–water partition coefficient (Wildman–Crippen LogP) is 2.83. The molecule has 3 heterocycles. The third kappa shape index (κ3) is 2.47. The molecule has 0 bridgehead atoms. The number of anilines is 2. The maximum Gasteiger partial charge on any atom is 0.169 e. The maximum absolute atomic E-state index is 6.34. The molecule has 5 rings (SSSR count). The standard InChI is InChI=1S/C20H16N8/c21-17-15-11-24-28(14-9-5-2-6-10-14)20(15)26-19(25-17)16-12-23-27(18(16)22)13-7-3-1-4-8-13/h1-12H,22H2,(H2,21,25,26). The van der Waals surface area contributed by atoms with E-state index in [0.717, 1.165) is 11.4 Å². The van der Waals surface area contributed by atoms with Crippen LogP contribution in [0.2, 0.25) is 0 Å². The molecular weight excluding hydrogens is 352 g/mol. The first-order valence-electron chi connectivity index (χ1n) is 8.68. The molecule has 0 aliphatic heterocycles. The second-order valence-electron chi connectivity index (χ2n) is 6.25. The van der Waals surface area contributed by atoms with Gasteiger partial charge in [0.05, 0.1) is 34.7 Å². The van der Waals surface area contributed by atoms with E-state index in [1.165, 1.54) is 0 Å². The summed E-state index contributed by atoms with van der Waals surface area (Å²) >= 11 is 0. The largest absolute Gasteiger partial charge is 0.383 e. The lowest BCUT2D eigenvalue weighted by molar-refractivity contribution is 0.891. The Balaban J connectivity index is 1.68. The summed E-state index contributed by atoms with van der Waals surface area (Å²) in [6.45, 7) is 0. The minimum Gasteiger partial charge on any atom is -0.383 e. The topological polar surface area (TPSA) is 113 Å². The van der Waals surface area contributed by atoms with Crippen molar-refractivity contribution in [3.8, 4) is 22.8 Å². The van der Waals surface area contributed by atoms with E-state index in [2.05, 4.69) is 20.2 Å². The Hall–Kier alpha value is -4.20. The van der Waals surface area contributed by atoms with Gasteiger partial charge in [0.15, 0.2) is 11.5 Å². The van der Waals surface area contributed by atoms with Gasteiger partial charge in [0.25, 0.3) is 0 Å². The summed E-state index contributed by atoms with van der Waals surface area (Å²) in [5.41, 5.74) is 15.5. The Kier molecular flexibility index (Phi) is 3.55. The molecule has 8 nitrogen and oxygen atoms in total. The smallest absolute Gasteiger partial charge is 0.169 e. The zero-order valence-corrected chi connectivity index (χ0v) is 14.8. The molecule has 0 atom stereocenters. The summed E-state index contributed by atoms with van der Waals surface area (Å²) in [7, 11) is 0. The molecule has 0 fully saturated rings. The molecule has 0 spiro atoms. The van der Waals surface area contributed by atoms with Gasteiger partial charge in [-0.25, -0.2) is 19.3 Å². The third-order valence-corrected chi connectivity index (χ3v) is 4.51. The molecule has 5 aromatic rings.